The first-order chi connectivity index (χ1) is 20.8. The summed E-state index contributed by atoms with van der Waals surface area (Å²) in [5.74, 6) is -2.92. The number of hydrogen-bond donors (Lipinski definition) is 1. The van der Waals surface area contributed by atoms with Crippen molar-refractivity contribution < 1.29 is 32.5 Å². The number of hydrogen-bond acceptors (Lipinski definition) is 7. The molecule has 0 unspecified atom stereocenters. The molecule has 1 saturated heterocycles. The maximum absolute atomic E-state index is 15.4. The smallest absolute Gasteiger partial charge is 0.354 e. The van der Waals surface area contributed by atoms with E-state index in [-0.39, 0.29) is 58.9 Å². The highest BCUT2D eigenvalue weighted by Gasteiger charge is 2.24. The van der Waals surface area contributed by atoms with Gasteiger partial charge in [0.15, 0.2) is 11.3 Å². The molecule has 0 radical (unpaired) electrons. The zero-order valence-electron chi connectivity index (χ0n) is 22.3. The normalized spacial score (nSPS) is 14.3. The van der Waals surface area contributed by atoms with Crippen LogP contribution in [0.15, 0.2) is 54.7 Å². The third-order valence-corrected chi connectivity index (χ3v) is 6.94. The topological polar surface area (TPSA) is 117 Å². The van der Waals surface area contributed by atoms with Crippen molar-refractivity contribution in [3.05, 3.63) is 106 Å². The van der Waals surface area contributed by atoms with Crippen LogP contribution in [0.1, 0.15) is 34.0 Å². The van der Waals surface area contributed by atoms with Gasteiger partial charge in [0, 0.05) is 30.9 Å². The van der Waals surface area contributed by atoms with Gasteiger partial charge in [-0.2, -0.15) is 0 Å². The Labute approximate surface area is 242 Å². The van der Waals surface area contributed by atoms with Crippen molar-refractivity contribution in [3.63, 3.8) is 0 Å². The Kier molecular flexibility index (Phi) is 7.43. The summed E-state index contributed by atoms with van der Waals surface area (Å²) < 4.78 is 57.7. The average molecular weight is 587 g/mol. The second-order valence-corrected chi connectivity index (χ2v) is 9.75. The van der Waals surface area contributed by atoms with Gasteiger partial charge in [0.25, 0.3) is 0 Å². The number of rotatable bonds is 9. The summed E-state index contributed by atoms with van der Waals surface area (Å²) in [6, 6.07) is 10.5. The number of nitrogens with zero attached hydrogens (tertiary/aromatic N) is 6. The van der Waals surface area contributed by atoms with Gasteiger partial charge in [-0.1, -0.05) is 6.07 Å². The largest absolute Gasteiger partial charge is 0.477 e. The Morgan fingerprint density at radius 3 is 2.65 bits per heavy atom. The maximum Gasteiger partial charge on any atom is 0.354 e. The van der Waals surface area contributed by atoms with Crippen molar-refractivity contribution >= 4 is 22.8 Å². The summed E-state index contributed by atoms with van der Waals surface area (Å²) in [5, 5.41) is 9.38. The van der Waals surface area contributed by atoms with E-state index in [0.29, 0.717) is 30.1 Å². The van der Waals surface area contributed by atoms with E-state index >= 15 is 8.78 Å². The SMILES string of the molecule is [C-]#[N+]c1cnc(COc2cccc(-c3cc(F)c(Cc4nc5ccc(C(=O)O)nc5n4C[C@@H]4CCO4)cc3F)n2)c(F)c1. The number of fused-ring (bicyclic) bond motifs is 1. The van der Waals surface area contributed by atoms with E-state index in [4.69, 9.17) is 16.0 Å². The van der Waals surface area contributed by atoms with E-state index in [1.165, 1.54) is 36.5 Å². The fourth-order valence-corrected chi connectivity index (χ4v) is 4.63. The standard InChI is InChI=1S/C30H21F3N6O4/c1-34-17-11-22(33)26(35-13-17)15-43-28-4-2-3-23(37-28)19-12-20(31)16(9-21(19)32)10-27-36-24-5-6-25(30(40)41)38-29(24)39(27)14-18-7-8-42-18/h2-6,9,11-13,18H,7-8,10,14-15H2,(H,40,41)/t18-/m0/s1. The lowest BCUT2D eigenvalue weighted by Crippen LogP contribution is -2.32. The molecule has 10 nitrogen and oxygen atoms in total. The molecule has 5 aromatic rings. The molecule has 5 heterocycles. The first kappa shape index (κ1) is 27.8. The molecule has 1 aromatic carbocycles. The minimum atomic E-state index is -1.19. The number of benzene rings is 1. The molecule has 43 heavy (non-hydrogen) atoms. The average Bonchev–Trinajstić information content (AvgIpc) is 3.31. The molecule has 1 aliphatic rings. The molecule has 6 rings (SSSR count). The molecular formula is C30H21F3N6O4. The molecule has 1 N–H and O–H groups in total. The highest BCUT2D eigenvalue weighted by molar-refractivity contribution is 5.88. The second-order valence-electron chi connectivity index (χ2n) is 9.75. The van der Waals surface area contributed by atoms with Gasteiger partial charge in [-0.25, -0.2) is 37.8 Å². The molecular weight excluding hydrogens is 565 g/mol. The number of carbonyl (C=O) groups is 1. The van der Waals surface area contributed by atoms with Gasteiger partial charge in [-0.3, -0.25) is 4.98 Å². The molecule has 1 aliphatic heterocycles. The molecule has 216 valence electrons. The number of ether oxygens (including phenoxy) is 2. The zero-order valence-corrected chi connectivity index (χ0v) is 22.3. The predicted octanol–water partition coefficient (Wildman–Crippen LogP) is 5.51. The summed E-state index contributed by atoms with van der Waals surface area (Å²) in [6.45, 7) is 7.59. The second kappa shape index (κ2) is 11.5. The Balaban J connectivity index is 1.26. The summed E-state index contributed by atoms with van der Waals surface area (Å²) >= 11 is 0. The highest BCUT2D eigenvalue weighted by atomic mass is 19.1. The fourth-order valence-electron chi connectivity index (χ4n) is 4.63. The lowest BCUT2D eigenvalue weighted by molar-refractivity contribution is -0.0590. The van der Waals surface area contributed by atoms with Gasteiger partial charge in [0.05, 0.1) is 24.9 Å². The van der Waals surface area contributed by atoms with E-state index in [1.54, 1.807) is 4.57 Å². The predicted molar refractivity (Wildman–Crippen MR) is 146 cm³/mol. The monoisotopic (exact) mass is 586 g/mol. The minimum absolute atomic E-state index is 0.0302. The van der Waals surface area contributed by atoms with Crippen molar-refractivity contribution in [2.45, 2.75) is 32.1 Å². The Bertz CT molecular complexity index is 1920. The molecule has 0 amide bonds. The van der Waals surface area contributed by atoms with Crippen molar-refractivity contribution in [1.29, 1.82) is 0 Å². The van der Waals surface area contributed by atoms with Crippen LogP contribution in [0.5, 0.6) is 5.88 Å². The van der Waals surface area contributed by atoms with Crippen LogP contribution >= 0.6 is 0 Å². The number of aromatic nitrogens is 5. The molecule has 1 atom stereocenters. The molecule has 0 bridgehead atoms. The molecule has 0 aliphatic carbocycles. The third kappa shape index (κ3) is 5.73. The fraction of sp³-hybridized carbons (Fsp3) is 0.200. The van der Waals surface area contributed by atoms with E-state index in [2.05, 4.69) is 24.8 Å². The summed E-state index contributed by atoms with van der Waals surface area (Å²) in [6.07, 6.45) is 1.81. The Morgan fingerprint density at radius 2 is 1.93 bits per heavy atom. The van der Waals surface area contributed by atoms with Crippen LogP contribution in [-0.4, -0.2) is 48.3 Å². The highest BCUT2D eigenvalue weighted by Crippen LogP contribution is 2.29. The van der Waals surface area contributed by atoms with E-state index in [1.807, 2.05) is 0 Å². The van der Waals surface area contributed by atoms with Gasteiger partial charge in [0.2, 0.25) is 11.6 Å². The number of aromatic carboxylic acids is 1. The van der Waals surface area contributed by atoms with Crippen LogP contribution in [0.25, 0.3) is 27.3 Å². The van der Waals surface area contributed by atoms with Crippen LogP contribution < -0.4 is 4.74 Å². The first-order valence-corrected chi connectivity index (χ1v) is 13.1. The number of carboxylic acid groups (broad SMARTS) is 1. The molecule has 0 spiro atoms. The van der Waals surface area contributed by atoms with Crippen LogP contribution in [0, 0.1) is 24.0 Å². The molecule has 1 fully saturated rings. The van der Waals surface area contributed by atoms with Crippen molar-refractivity contribution in [2.75, 3.05) is 6.61 Å². The lowest BCUT2D eigenvalue weighted by Gasteiger charge is -2.27. The number of halogens is 3. The quantitative estimate of drug-likeness (QED) is 0.225. The summed E-state index contributed by atoms with van der Waals surface area (Å²) in [4.78, 5) is 31.5. The van der Waals surface area contributed by atoms with E-state index < -0.39 is 23.4 Å². The van der Waals surface area contributed by atoms with Crippen LogP contribution in [0.4, 0.5) is 18.9 Å². The van der Waals surface area contributed by atoms with Crippen LogP contribution in [0.2, 0.25) is 0 Å². The Morgan fingerprint density at radius 1 is 1.09 bits per heavy atom. The number of carboxylic acids is 1. The first-order valence-electron chi connectivity index (χ1n) is 13.1. The lowest BCUT2D eigenvalue weighted by atomic mass is 10.0. The Hall–Kier alpha value is -5.35. The van der Waals surface area contributed by atoms with Crippen molar-refractivity contribution in [3.8, 4) is 17.1 Å². The van der Waals surface area contributed by atoms with Gasteiger partial charge in [-0.05, 0) is 48.4 Å². The summed E-state index contributed by atoms with van der Waals surface area (Å²) in [5.41, 5.74) is 0.619. The van der Waals surface area contributed by atoms with Gasteiger partial charge in [-0.15, -0.1) is 0 Å². The molecule has 4 aromatic heterocycles. The third-order valence-electron chi connectivity index (χ3n) is 6.94. The van der Waals surface area contributed by atoms with Crippen LogP contribution in [-0.2, 0) is 24.3 Å². The van der Waals surface area contributed by atoms with E-state index in [9.17, 15) is 14.3 Å². The zero-order chi connectivity index (χ0) is 30.1. The minimum Gasteiger partial charge on any atom is -0.477 e. The van der Waals surface area contributed by atoms with Crippen LogP contribution in [0.3, 0.4) is 0 Å². The van der Waals surface area contributed by atoms with Gasteiger partial charge < -0.3 is 19.1 Å². The number of imidazole rings is 1. The number of pyridine rings is 3. The summed E-state index contributed by atoms with van der Waals surface area (Å²) in [7, 11) is 0. The van der Waals surface area contributed by atoms with E-state index in [0.717, 1.165) is 24.6 Å². The maximum atomic E-state index is 15.4. The molecule has 0 saturated carbocycles. The van der Waals surface area contributed by atoms with Gasteiger partial charge >= 0.3 is 5.97 Å². The molecule has 13 heteroatoms. The van der Waals surface area contributed by atoms with Crippen molar-refractivity contribution in [1.82, 2.24) is 24.5 Å². The van der Waals surface area contributed by atoms with Gasteiger partial charge in [0.1, 0.15) is 41.1 Å². The van der Waals surface area contributed by atoms with Crippen molar-refractivity contribution in [2.24, 2.45) is 0 Å².